The Kier molecular flexibility index (Phi) is 5.77. The zero-order valence-electron chi connectivity index (χ0n) is 21.7. The zero-order chi connectivity index (χ0) is 25.9. The van der Waals surface area contributed by atoms with Gasteiger partial charge in [0.1, 0.15) is 22.3 Å². The number of thiazole rings is 1. The summed E-state index contributed by atoms with van der Waals surface area (Å²) in [6.07, 6.45) is 6.47. The molecule has 11 heteroatoms. The van der Waals surface area contributed by atoms with Gasteiger partial charge in [0.15, 0.2) is 17.2 Å². The topological polar surface area (TPSA) is 102 Å². The number of pyridine rings is 1. The first-order valence-corrected chi connectivity index (χ1v) is 13.4. The van der Waals surface area contributed by atoms with Crippen LogP contribution in [0.1, 0.15) is 62.9 Å². The zero-order valence-corrected chi connectivity index (χ0v) is 22.6. The van der Waals surface area contributed by atoms with Crippen LogP contribution in [0.15, 0.2) is 18.6 Å². The molecule has 37 heavy (non-hydrogen) atoms. The molecule has 0 amide bonds. The molecule has 4 aromatic rings. The molecule has 2 aliphatic rings. The van der Waals surface area contributed by atoms with Gasteiger partial charge in [-0.1, -0.05) is 11.3 Å². The highest BCUT2D eigenvalue weighted by Crippen LogP contribution is 2.46. The fourth-order valence-corrected chi connectivity index (χ4v) is 6.66. The summed E-state index contributed by atoms with van der Waals surface area (Å²) in [5.74, 6) is 0.453. The highest BCUT2D eigenvalue weighted by Gasteiger charge is 2.41. The van der Waals surface area contributed by atoms with Gasteiger partial charge >= 0.3 is 6.09 Å². The summed E-state index contributed by atoms with van der Waals surface area (Å²) in [6, 6.07) is 1.87. The summed E-state index contributed by atoms with van der Waals surface area (Å²) >= 11 is 1.56. The first kappa shape index (κ1) is 24.3. The van der Waals surface area contributed by atoms with Crippen LogP contribution in [0.4, 0.5) is 4.79 Å². The highest BCUT2D eigenvalue weighted by molar-refractivity contribution is 7.18. The molecule has 10 nitrogen and oxygen atoms in total. The van der Waals surface area contributed by atoms with E-state index in [1.165, 1.54) is 6.33 Å². The quantitative estimate of drug-likeness (QED) is 0.355. The maximum absolute atomic E-state index is 13.6. The molecule has 0 unspecified atom stereocenters. The van der Waals surface area contributed by atoms with Gasteiger partial charge in [0.25, 0.3) is 0 Å². The number of carbonyl (C=O) groups is 1. The fourth-order valence-electron chi connectivity index (χ4n) is 5.37. The van der Waals surface area contributed by atoms with Crippen molar-refractivity contribution in [3.63, 3.8) is 0 Å². The Morgan fingerprint density at radius 1 is 1.22 bits per heavy atom. The number of nitrogens with zero attached hydrogens (tertiary/aromatic N) is 5. The van der Waals surface area contributed by atoms with Gasteiger partial charge in [-0.2, -0.15) is 5.10 Å². The summed E-state index contributed by atoms with van der Waals surface area (Å²) in [4.78, 5) is 23.8. The molecule has 2 fully saturated rings. The van der Waals surface area contributed by atoms with E-state index >= 15 is 0 Å². The Bertz CT molecular complexity index is 1480. The van der Waals surface area contributed by atoms with Crippen molar-refractivity contribution < 1.29 is 23.7 Å². The van der Waals surface area contributed by atoms with E-state index in [0.717, 1.165) is 52.2 Å². The fraction of sp³-hybridized carbons (Fsp3) is 0.538. The van der Waals surface area contributed by atoms with E-state index in [9.17, 15) is 4.79 Å². The Balaban J connectivity index is 1.45. The number of hydrogen-bond donors (Lipinski definition) is 0. The van der Waals surface area contributed by atoms with Crippen molar-refractivity contribution in [2.75, 3.05) is 20.3 Å². The summed E-state index contributed by atoms with van der Waals surface area (Å²) in [5.41, 5.74) is 3.14. The second-order valence-electron chi connectivity index (χ2n) is 10.7. The molecule has 1 aliphatic heterocycles. The van der Waals surface area contributed by atoms with E-state index in [0.29, 0.717) is 36.2 Å². The third-order valence-corrected chi connectivity index (χ3v) is 8.29. The molecule has 5 heterocycles. The number of aromatic nitrogens is 5. The minimum absolute atomic E-state index is 0.303. The molecule has 0 atom stereocenters. The molecule has 0 radical (unpaired) electrons. The molecule has 1 spiro atoms. The Hall–Kier alpha value is -3.02. The van der Waals surface area contributed by atoms with Crippen LogP contribution in [0.5, 0.6) is 5.75 Å². The highest BCUT2D eigenvalue weighted by atomic mass is 32.1. The largest absolute Gasteiger partial charge is 0.493 e. The van der Waals surface area contributed by atoms with Crippen molar-refractivity contribution >= 4 is 33.4 Å². The number of fused-ring (bicyclic) bond motifs is 2. The number of carbonyl (C=O) groups excluding carboxylic acids is 1. The van der Waals surface area contributed by atoms with Gasteiger partial charge in [-0.15, -0.1) is 0 Å². The SMILES string of the molecule is COc1cc(-c2c(C)c3nc(C4CCC5(CC4)OCCO5)sc3n2C(=O)OC(C)(C)C)cn2ncnc12. The Morgan fingerprint density at radius 2 is 1.95 bits per heavy atom. The minimum Gasteiger partial charge on any atom is -0.493 e. The summed E-state index contributed by atoms with van der Waals surface area (Å²) in [7, 11) is 1.59. The summed E-state index contributed by atoms with van der Waals surface area (Å²) in [5, 5.41) is 5.33. The van der Waals surface area contributed by atoms with Gasteiger partial charge < -0.3 is 18.9 Å². The standard InChI is InChI=1S/C26H31N5O5S/c1-15-19-23(37-22(29-19)16-6-8-26(9-7-16)34-10-11-35-26)31(24(32)36-25(2,3)4)20(15)17-12-18(33-5)21-27-14-28-30(21)13-17/h12-14,16H,6-11H2,1-5H3. The maximum Gasteiger partial charge on any atom is 0.420 e. The lowest BCUT2D eigenvalue weighted by molar-refractivity contribution is -0.178. The predicted molar refractivity (Wildman–Crippen MR) is 138 cm³/mol. The molecular weight excluding hydrogens is 494 g/mol. The van der Waals surface area contributed by atoms with E-state index in [1.54, 1.807) is 27.5 Å². The molecule has 0 aromatic carbocycles. The number of aryl methyl sites for hydroxylation is 1. The van der Waals surface area contributed by atoms with Gasteiger partial charge in [-0.05, 0) is 46.6 Å². The molecule has 1 saturated carbocycles. The van der Waals surface area contributed by atoms with Gasteiger partial charge in [0.2, 0.25) is 0 Å². The lowest BCUT2D eigenvalue weighted by Crippen LogP contribution is -2.34. The van der Waals surface area contributed by atoms with E-state index in [1.807, 2.05) is 40.0 Å². The van der Waals surface area contributed by atoms with Crippen molar-refractivity contribution in [3.8, 4) is 17.0 Å². The van der Waals surface area contributed by atoms with Crippen LogP contribution in [-0.2, 0) is 14.2 Å². The Morgan fingerprint density at radius 3 is 2.62 bits per heavy atom. The second-order valence-corrected chi connectivity index (χ2v) is 11.7. The molecule has 4 aromatic heterocycles. The third-order valence-electron chi connectivity index (χ3n) is 7.08. The molecule has 1 saturated heterocycles. The van der Waals surface area contributed by atoms with Crippen LogP contribution < -0.4 is 4.74 Å². The first-order valence-electron chi connectivity index (χ1n) is 12.6. The average molecular weight is 526 g/mol. The smallest absolute Gasteiger partial charge is 0.420 e. The number of methoxy groups -OCH3 is 1. The van der Waals surface area contributed by atoms with Gasteiger partial charge in [0, 0.05) is 36.1 Å². The van der Waals surface area contributed by atoms with Crippen molar-refractivity contribution in [1.82, 2.24) is 24.1 Å². The third kappa shape index (κ3) is 4.18. The second kappa shape index (κ2) is 8.78. The van der Waals surface area contributed by atoms with Gasteiger partial charge in [0.05, 0.1) is 31.0 Å². The van der Waals surface area contributed by atoms with Gasteiger partial charge in [-0.3, -0.25) is 0 Å². The number of hydrogen-bond acceptors (Lipinski definition) is 9. The van der Waals surface area contributed by atoms with E-state index in [4.69, 9.17) is 23.9 Å². The summed E-state index contributed by atoms with van der Waals surface area (Å²) in [6.45, 7) is 8.93. The van der Waals surface area contributed by atoms with Crippen LogP contribution in [0, 0.1) is 6.92 Å². The van der Waals surface area contributed by atoms with Crippen LogP contribution in [0.2, 0.25) is 0 Å². The first-order chi connectivity index (χ1) is 17.7. The maximum atomic E-state index is 13.6. The van der Waals surface area contributed by atoms with Crippen molar-refractivity contribution in [3.05, 3.63) is 29.2 Å². The van der Waals surface area contributed by atoms with Crippen LogP contribution in [0.25, 0.3) is 27.3 Å². The monoisotopic (exact) mass is 525 g/mol. The van der Waals surface area contributed by atoms with E-state index in [-0.39, 0.29) is 0 Å². The van der Waals surface area contributed by atoms with Crippen LogP contribution in [-0.4, -0.2) is 62.0 Å². The van der Waals surface area contributed by atoms with E-state index < -0.39 is 17.5 Å². The van der Waals surface area contributed by atoms with Crippen molar-refractivity contribution in [2.45, 2.75) is 70.7 Å². The normalized spacial score (nSPS) is 18.3. The average Bonchev–Trinajstić information content (AvgIpc) is 3.63. The molecule has 0 bridgehead atoms. The number of ether oxygens (including phenoxy) is 4. The molecular formula is C26H31N5O5S. The molecule has 0 N–H and O–H groups in total. The molecule has 196 valence electrons. The van der Waals surface area contributed by atoms with E-state index in [2.05, 4.69) is 10.1 Å². The van der Waals surface area contributed by atoms with Crippen LogP contribution >= 0.6 is 11.3 Å². The molecule has 6 rings (SSSR count). The lowest BCUT2D eigenvalue weighted by Gasteiger charge is -2.34. The predicted octanol–water partition coefficient (Wildman–Crippen LogP) is 5.31. The number of rotatable bonds is 3. The lowest BCUT2D eigenvalue weighted by atomic mass is 9.85. The van der Waals surface area contributed by atoms with Crippen molar-refractivity contribution in [1.29, 1.82) is 0 Å². The van der Waals surface area contributed by atoms with Crippen molar-refractivity contribution in [2.24, 2.45) is 0 Å². The van der Waals surface area contributed by atoms with Gasteiger partial charge in [-0.25, -0.2) is 23.8 Å². The van der Waals surface area contributed by atoms with Crippen LogP contribution in [0.3, 0.4) is 0 Å². The summed E-state index contributed by atoms with van der Waals surface area (Å²) < 4.78 is 26.6. The minimum atomic E-state index is -0.654. The molecule has 1 aliphatic carbocycles. The Labute approximate surface area is 218 Å².